The quantitative estimate of drug-likeness (QED) is 0.837. The lowest BCUT2D eigenvalue weighted by molar-refractivity contribution is -0.131. The summed E-state index contributed by atoms with van der Waals surface area (Å²) in [6, 6.07) is 6.64. The number of hydrogen-bond donors (Lipinski definition) is 1. The Labute approximate surface area is 122 Å². The minimum Gasteiger partial charge on any atom is -0.340 e. The van der Waals surface area contributed by atoms with E-state index in [9.17, 15) is 4.79 Å². The zero-order valence-electron chi connectivity index (χ0n) is 12.7. The number of benzene rings is 1. The van der Waals surface area contributed by atoms with E-state index >= 15 is 0 Å². The van der Waals surface area contributed by atoms with Crippen LogP contribution in [-0.2, 0) is 11.2 Å². The predicted molar refractivity (Wildman–Crippen MR) is 82.9 cm³/mol. The Morgan fingerprint density at radius 3 is 2.65 bits per heavy atom. The molecule has 110 valence electrons. The van der Waals surface area contributed by atoms with Crippen molar-refractivity contribution in [1.82, 2.24) is 10.2 Å². The molecule has 3 heteroatoms. The maximum Gasteiger partial charge on any atom is 0.222 e. The lowest BCUT2D eigenvalue weighted by atomic mass is 10.0. The zero-order chi connectivity index (χ0) is 14.4. The van der Waals surface area contributed by atoms with Crippen LogP contribution in [-0.4, -0.2) is 37.0 Å². The van der Waals surface area contributed by atoms with Crippen LogP contribution in [0.5, 0.6) is 0 Å². The molecule has 1 N–H and O–H groups in total. The molecule has 1 saturated heterocycles. The molecule has 1 aliphatic heterocycles. The Bertz CT molecular complexity index is 450. The monoisotopic (exact) mass is 274 g/mol. The Balaban J connectivity index is 1.69. The minimum absolute atomic E-state index is 0.326. The first-order chi connectivity index (χ1) is 9.66. The van der Waals surface area contributed by atoms with Crippen molar-refractivity contribution < 1.29 is 4.79 Å². The molecule has 1 amide bonds. The third-order valence-electron chi connectivity index (χ3n) is 4.05. The van der Waals surface area contributed by atoms with Crippen molar-refractivity contribution in [1.29, 1.82) is 0 Å². The summed E-state index contributed by atoms with van der Waals surface area (Å²) in [5.41, 5.74) is 4.11. The van der Waals surface area contributed by atoms with Crippen LogP contribution in [0, 0.1) is 13.8 Å². The average molecular weight is 274 g/mol. The zero-order valence-corrected chi connectivity index (χ0v) is 12.7. The number of hydrogen-bond acceptors (Lipinski definition) is 2. The van der Waals surface area contributed by atoms with Gasteiger partial charge in [0.2, 0.25) is 5.91 Å². The first kappa shape index (κ1) is 15.0. The molecule has 0 aliphatic carbocycles. The van der Waals surface area contributed by atoms with Crippen molar-refractivity contribution in [3.8, 4) is 0 Å². The molecule has 0 radical (unpaired) electrons. The third-order valence-corrected chi connectivity index (χ3v) is 4.05. The first-order valence-corrected chi connectivity index (χ1v) is 7.71. The fraction of sp³-hybridized carbons (Fsp3) is 0.588. The standard InChI is InChI=1S/C17H26N2O/c1-14-7-8-16(15(2)13-14)5-3-4-6-17(20)19-11-9-18-10-12-19/h7-8,13,18H,3-6,9-12H2,1-2H3. The highest BCUT2D eigenvalue weighted by Gasteiger charge is 2.15. The molecule has 0 aromatic heterocycles. The summed E-state index contributed by atoms with van der Waals surface area (Å²) in [5.74, 6) is 0.326. The van der Waals surface area contributed by atoms with Crippen LogP contribution in [0.1, 0.15) is 36.0 Å². The average Bonchev–Trinajstić information content (AvgIpc) is 2.46. The van der Waals surface area contributed by atoms with Gasteiger partial charge in [0.05, 0.1) is 0 Å². The molecular weight excluding hydrogens is 248 g/mol. The SMILES string of the molecule is Cc1ccc(CCCCC(=O)N2CCNCC2)c(C)c1. The lowest BCUT2D eigenvalue weighted by Gasteiger charge is -2.27. The van der Waals surface area contributed by atoms with E-state index in [0.29, 0.717) is 12.3 Å². The summed E-state index contributed by atoms with van der Waals surface area (Å²) in [5, 5.41) is 3.28. The van der Waals surface area contributed by atoms with Crippen LogP contribution >= 0.6 is 0 Å². The summed E-state index contributed by atoms with van der Waals surface area (Å²) >= 11 is 0. The molecule has 0 atom stereocenters. The van der Waals surface area contributed by atoms with Crippen molar-refractivity contribution in [2.75, 3.05) is 26.2 Å². The van der Waals surface area contributed by atoms with E-state index in [1.54, 1.807) is 0 Å². The topological polar surface area (TPSA) is 32.3 Å². The fourth-order valence-corrected chi connectivity index (χ4v) is 2.79. The Hall–Kier alpha value is -1.35. The maximum atomic E-state index is 12.0. The van der Waals surface area contributed by atoms with E-state index in [-0.39, 0.29) is 0 Å². The van der Waals surface area contributed by atoms with Gasteiger partial charge >= 0.3 is 0 Å². The second-order valence-corrected chi connectivity index (χ2v) is 5.77. The molecule has 3 nitrogen and oxygen atoms in total. The highest BCUT2D eigenvalue weighted by molar-refractivity contribution is 5.76. The van der Waals surface area contributed by atoms with E-state index in [0.717, 1.165) is 45.4 Å². The van der Waals surface area contributed by atoms with E-state index in [1.807, 2.05) is 4.90 Å². The van der Waals surface area contributed by atoms with Gasteiger partial charge in [0.15, 0.2) is 0 Å². The van der Waals surface area contributed by atoms with Gasteiger partial charge in [-0.1, -0.05) is 23.8 Å². The van der Waals surface area contributed by atoms with Crippen molar-refractivity contribution in [2.24, 2.45) is 0 Å². The number of aryl methyl sites for hydroxylation is 3. The van der Waals surface area contributed by atoms with Crippen molar-refractivity contribution in [2.45, 2.75) is 39.5 Å². The summed E-state index contributed by atoms with van der Waals surface area (Å²) in [6.07, 6.45) is 3.88. The minimum atomic E-state index is 0.326. The van der Waals surface area contributed by atoms with E-state index in [1.165, 1.54) is 16.7 Å². The second kappa shape index (κ2) is 7.44. The molecule has 20 heavy (non-hydrogen) atoms. The number of piperazine rings is 1. The fourth-order valence-electron chi connectivity index (χ4n) is 2.79. The van der Waals surface area contributed by atoms with Crippen molar-refractivity contribution in [3.05, 3.63) is 34.9 Å². The number of carbonyl (C=O) groups excluding carboxylic acids is 1. The summed E-state index contributed by atoms with van der Waals surface area (Å²) in [7, 11) is 0. The van der Waals surface area contributed by atoms with Gasteiger partial charge in [-0.2, -0.15) is 0 Å². The van der Waals surface area contributed by atoms with Gasteiger partial charge in [-0.15, -0.1) is 0 Å². The highest BCUT2D eigenvalue weighted by Crippen LogP contribution is 2.14. The van der Waals surface area contributed by atoms with E-state index in [2.05, 4.69) is 37.4 Å². The lowest BCUT2D eigenvalue weighted by Crippen LogP contribution is -2.46. The maximum absolute atomic E-state index is 12.0. The number of carbonyl (C=O) groups is 1. The smallest absolute Gasteiger partial charge is 0.222 e. The number of amides is 1. The second-order valence-electron chi connectivity index (χ2n) is 5.77. The van der Waals surface area contributed by atoms with Gasteiger partial charge in [0.25, 0.3) is 0 Å². The molecule has 1 heterocycles. The van der Waals surface area contributed by atoms with Crippen LogP contribution in [0.15, 0.2) is 18.2 Å². The Morgan fingerprint density at radius 2 is 1.95 bits per heavy atom. The molecule has 0 saturated carbocycles. The van der Waals surface area contributed by atoms with Gasteiger partial charge in [-0.3, -0.25) is 4.79 Å². The van der Waals surface area contributed by atoms with Gasteiger partial charge in [-0.25, -0.2) is 0 Å². The molecule has 1 aromatic rings. The summed E-state index contributed by atoms with van der Waals surface area (Å²) in [6.45, 7) is 7.92. The molecule has 1 aliphatic rings. The van der Waals surface area contributed by atoms with Crippen molar-refractivity contribution in [3.63, 3.8) is 0 Å². The van der Waals surface area contributed by atoms with Gasteiger partial charge in [-0.05, 0) is 44.2 Å². The molecule has 0 spiro atoms. The van der Waals surface area contributed by atoms with Crippen LogP contribution in [0.4, 0.5) is 0 Å². The normalized spacial score (nSPS) is 15.4. The highest BCUT2D eigenvalue weighted by atomic mass is 16.2. The largest absolute Gasteiger partial charge is 0.340 e. The summed E-state index contributed by atoms with van der Waals surface area (Å²) < 4.78 is 0. The Morgan fingerprint density at radius 1 is 1.20 bits per heavy atom. The van der Waals surface area contributed by atoms with Gasteiger partial charge in [0.1, 0.15) is 0 Å². The molecule has 2 rings (SSSR count). The van der Waals surface area contributed by atoms with Crippen LogP contribution < -0.4 is 5.32 Å². The number of rotatable bonds is 5. The van der Waals surface area contributed by atoms with E-state index < -0.39 is 0 Å². The number of nitrogens with zero attached hydrogens (tertiary/aromatic N) is 1. The molecule has 1 aromatic carbocycles. The van der Waals surface area contributed by atoms with Crippen molar-refractivity contribution >= 4 is 5.91 Å². The Kier molecular flexibility index (Phi) is 5.60. The van der Waals surface area contributed by atoms with Crippen LogP contribution in [0.3, 0.4) is 0 Å². The summed E-state index contributed by atoms with van der Waals surface area (Å²) in [4.78, 5) is 14.0. The number of unbranched alkanes of at least 4 members (excludes halogenated alkanes) is 1. The van der Waals surface area contributed by atoms with Crippen LogP contribution in [0.2, 0.25) is 0 Å². The number of nitrogens with one attached hydrogen (secondary N) is 1. The van der Waals surface area contributed by atoms with Crippen LogP contribution in [0.25, 0.3) is 0 Å². The van der Waals surface area contributed by atoms with Gasteiger partial charge < -0.3 is 10.2 Å². The molecular formula is C17H26N2O. The third kappa shape index (κ3) is 4.34. The van der Waals surface area contributed by atoms with Gasteiger partial charge in [0, 0.05) is 32.6 Å². The molecule has 0 unspecified atom stereocenters. The predicted octanol–water partition coefficient (Wildman–Crippen LogP) is 2.45. The first-order valence-electron chi connectivity index (χ1n) is 7.71. The molecule has 1 fully saturated rings. The molecule has 0 bridgehead atoms. The van der Waals surface area contributed by atoms with E-state index in [4.69, 9.17) is 0 Å².